The zero-order chi connectivity index (χ0) is 18.8. The molecule has 136 valence electrons. The van der Waals surface area contributed by atoms with Crippen molar-refractivity contribution in [1.29, 1.82) is 5.26 Å². The second-order valence-electron chi connectivity index (χ2n) is 6.21. The average Bonchev–Trinajstić information content (AvgIpc) is 3.07. The number of nitrogens with two attached hydrogens (primary N) is 1. The normalized spacial score (nSPS) is 18.4. The molecule has 11 heteroatoms. The minimum absolute atomic E-state index is 0.206. The standard InChI is InChI=1S/C16H16N10O/c1-8-23-26-16(27-8)15-12(21-10-2-9(18)3-10)4-13(24-25-15)22-14-7-19-11(5-17)6-20-14/h4,6-7,9-10H,2-3,18H2,1H3,(H2,20,21,22,24). The predicted molar refractivity (Wildman–Crippen MR) is 94.7 cm³/mol. The number of nitrogens with one attached hydrogen (secondary N) is 2. The van der Waals surface area contributed by atoms with Crippen LogP contribution in [0.25, 0.3) is 11.6 Å². The summed E-state index contributed by atoms with van der Waals surface area (Å²) < 4.78 is 5.49. The number of aryl methyl sites for hydroxylation is 1. The van der Waals surface area contributed by atoms with E-state index in [1.165, 1.54) is 12.4 Å². The first-order valence-electron chi connectivity index (χ1n) is 8.30. The van der Waals surface area contributed by atoms with Crippen LogP contribution in [0.3, 0.4) is 0 Å². The van der Waals surface area contributed by atoms with Crippen molar-refractivity contribution in [2.75, 3.05) is 10.6 Å². The number of hydrogen-bond donors (Lipinski definition) is 3. The summed E-state index contributed by atoms with van der Waals surface area (Å²) in [6.07, 6.45) is 4.57. The van der Waals surface area contributed by atoms with Gasteiger partial charge >= 0.3 is 0 Å². The van der Waals surface area contributed by atoms with Gasteiger partial charge < -0.3 is 20.8 Å². The molecule has 0 aliphatic heterocycles. The van der Waals surface area contributed by atoms with Crippen LogP contribution in [-0.2, 0) is 0 Å². The topological polar surface area (TPSA) is 164 Å². The highest BCUT2D eigenvalue weighted by atomic mass is 16.4. The molecule has 0 radical (unpaired) electrons. The van der Waals surface area contributed by atoms with Crippen LogP contribution < -0.4 is 16.4 Å². The molecule has 11 nitrogen and oxygen atoms in total. The summed E-state index contributed by atoms with van der Waals surface area (Å²) in [6.45, 7) is 1.71. The van der Waals surface area contributed by atoms with Crippen molar-refractivity contribution >= 4 is 17.3 Å². The van der Waals surface area contributed by atoms with E-state index < -0.39 is 0 Å². The van der Waals surface area contributed by atoms with Gasteiger partial charge in [0.25, 0.3) is 5.89 Å². The van der Waals surface area contributed by atoms with Gasteiger partial charge in [-0.25, -0.2) is 9.97 Å². The largest absolute Gasteiger partial charge is 0.419 e. The van der Waals surface area contributed by atoms with Crippen LogP contribution >= 0.6 is 0 Å². The molecule has 0 bridgehead atoms. The van der Waals surface area contributed by atoms with Gasteiger partial charge in [-0.05, 0) is 12.8 Å². The van der Waals surface area contributed by atoms with Gasteiger partial charge in [0, 0.05) is 25.1 Å². The molecule has 4 N–H and O–H groups in total. The first kappa shape index (κ1) is 16.8. The smallest absolute Gasteiger partial charge is 0.270 e. The molecule has 27 heavy (non-hydrogen) atoms. The van der Waals surface area contributed by atoms with E-state index in [4.69, 9.17) is 15.4 Å². The first-order chi connectivity index (χ1) is 13.1. The van der Waals surface area contributed by atoms with Gasteiger partial charge in [-0.15, -0.1) is 20.4 Å². The number of aromatic nitrogens is 6. The summed E-state index contributed by atoms with van der Waals surface area (Å²) in [5, 5.41) is 31.4. The Morgan fingerprint density at radius 1 is 1.15 bits per heavy atom. The van der Waals surface area contributed by atoms with E-state index in [9.17, 15) is 0 Å². The van der Waals surface area contributed by atoms with Crippen LogP contribution in [0.5, 0.6) is 0 Å². The Morgan fingerprint density at radius 2 is 2.00 bits per heavy atom. The van der Waals surface area contributed by atoms with Gasteiger partial charge in [0.05, 0.1) is 18.1 Å². The Bertz CT molecular complexity index is 987. The lowest BCUT2D eigenvalue weighted by atomic mass is 9.87. The third-order valence-corrected chi connectivity index (χ3v) is 4.08. The number of rotatable bonds is 5. The zero-order valence-electron chi connectivity index (χ0n) is 14.4. The van der Waals surface area contributed by atoms with E-state index in [0.29, 0.717) is 28.9 Å². The zero-order valence-corrected chi connectivity index (χ0v) is 14.4. The van der Waals surface area contributed by atoms with Crippen molar-refractivity contribution < 1.29 is 4.42 Å². The fraction of sp³-hybridized carbons (Fsp3) is 0.312. The SMILES string of the molecule is Cc1nnc(-c2nnc(Nc3cnc(C#N)cn3)cc2NC2CC(N)C2)o1. The molecule has 3 heterocycles. The maximum absolute atomic E-state index is 8.79. The molecule has 0 atom stereocenters. The second kappa shape index (κ2) is 6.93. The lowest BCUT2D eigenvalue weighted by Crippen LogP contribution is -2.44. The van der Waals surface area contributed by atoms with Crippen LogP contribution in [0, 0.1) is 18.3 Å². The van der Waals surface area contributed by atoms with Crippen molar-refractivity contribution in [3.8, 4) is 17.7 Å². The summed E-state index contributed by atoms with van der Waals surface area (Å²) in [7, 11) is 0. The molecule has 0 spiro atoms. The van der Waals surface area contributed by atoms with Crippen molar-refractivity contribution in [2.45, 2.75) is 31.8 Å². The molecule has 1 aliphatic carbocycles. The van der Waals surface area contributed by atoms with Gasteiger partial charge in [-0.2, -0.15) is 5.26 Å². The Labute approximate surface area is 154 Å². The molecule has 3 aromatic rings. The van der Waals surface area contributed by atoms with E-state index >= 15 is 0 Å². The van der Waals surface area contributed by atoms with Gasteiger partial charge in [-0.1, -0.05) is 0 Å². The van der Waals surface area contributed by atoms with Crippen molar-refractivity contribution in [2.24, 2.45) is 5.73 Å². The molecule has 0 aromatic carbocycles. The molecular formula is C16H16N10O. The number of anilines is 3. The van der Waals surface area contributed by atoms with Gasteiger partial charge in [0.15, 0.2) is 17.2 Å². The predicted octanol–water partition coefficient (Wildman–Crippen LogP) is 1.14. The lowest BCUT2D eigenvalue weighted by molar-refractivity contribution is 0.373. The molecule has 0 amide bonds. The maximum atomic E-state index is 8.79. The third kappa shape index (κ3) is 3.65. The maximum Gasteiger partial charge on any atom is 0.270 e. The van der Waals surface area contributed by atoms with E-state index in [-0.39, 0.29) is 23.7 Å². The third-order valence-electron chi connectivity index (χ3n) is 4.08. The quantitative estimate of drug-likeness (QED) is 0.594. The number of hydrogen-bond acceptors (Lipinski definition) is 11. The van der Waals surface area contributed by atoms with Gasteiger partial charge in [-0.3, -0.25) is 0 Å². The van der Waals surface area contributed by atoms with Gasteiger partial charge in [0.2, 0.25) is 5.89 Å². The minimum atomic E-state index is 0.206. The summed E-state index contributed by atoms with van der Waals surface area (Å²) in [4.78, 5) is 8.08. The Morgan fingerprint density at radius 3 is 2.63 bits per heavy atom. The Balaban J connectivity index is 1.61. The molecule has 1 fully saturated rings. The van der Waals surface area contributed by atoms with Crippen molar-refractivity contribution in [3.63, 3.8) is 0 Å². The fourth-order valence-electron chi connectivity index (χ4n) is 2.69. The molecular weight excluding hydrogens is 348 g/mol. The number of nitrogens with zero attached hydrogens (tertiary/aromatic N) is 7. The summed E-state index contributed by atoms with van der Waals surface area (Å²) in [6, 6.07) is 4.15. The fourth-order valence-corrected chi connectivity index (χ4v) is 2.69. The highest BCUT2D eigenvalue weighted by Gasteiger charge is 2.27. The monoisotopic (exact) mass is 364 g/mol. The molecule has 1 saturated carbocycles. The van der Waals surface area contributed by atoms with Crippen LogP contribution in [-0.4, -0.2) is 42.4 Å². The van der Waals surface area contributed by atoms with Gasteiger partial charge in [0.1, 0.15) is 11.9 Å². The molecule has 0 unspecified atom stereocenters. The van der Waals surface area contributed by atoms with E-state index in [2.05, 4.69) is 41.0 Å². The van der Waals surface area contributed by atoms with Crippen LogP contribution in [0.15, 0.2) is 22.9 Å². The Kier molecular flexibility index (Phi) is 4.31. The molecule has 4 rings (SSSR count). The summed E-state index contributed by atoms with van der Waals surface area (Å²) in [5.41, 5.74) is 7.27. The first-order valence-corrected chi connectivity index (χ1v) is 8.30. The minimum Gasteiger partial charge on any atom is -0.419 e. The van der Waals surface area contributed by atoms with Crippen LogP contribution in [0.1, 0.15) is 24.4 Å². The van der Waals surface area contributed by atoms with E-state index in [1.807, 2.05) is 6.07 Å². The van der Waals surface area contributed by atoms with Crippen LogP contribution in [0.2, 0.25) is 0 Å². The molecule has 0 saturated heterocycles. The lowest BCUT2D eigenvalue weighted by Gasteiger charge is -2.34. The second-order valence-corrected chi connectivity index (χ2v) is 6.21. The summed E-state index contributed by atoms with van der Waals surface area (Å²) in [5.74, 6) is 1.63. The summed E-state index contributed by atoms with van der Waals surface area (Å²) >= 11 is 0. The molecule has 3 aromatic heterocycles. The van der Waals surface area contributed by atoms with Crippen molar-refractivity contribution in [3.05, 3.63) is 30.0 Å². The van der Waals surface area contributed by atoms with Crippen molar-refractivity contribution in [1.82, 2.24) is 30.4 Å². The number of nitriles is 1. The van der Waals surface area contributed by atoms with E-state index in [0.717, 1.165) is 12.8 Å². The highest BCUT2D eigenvalue weighted by Crippen LogP contribution is 2.30. The highest BCUT2D eigenvalue weighted by molar-refractivity contribution is 5.72. The van der Waals surface area contributed by atoms with E-state index in [1.54, 1.807) is 13.0 Å². The average molecular weight is 364 g/mol. The Hall–Kier alpha value is -3.65. The van der Waals surface area contributed by atoms with Crippen LogP contribution in [0.4, 0.5) is 17.3 Å². The molecule has 1 aliphatic rings.